The first-order chi connectivity index (χ1) is 10.0. The highest BCUT2D eigenvalue weighted by Crippen LogP contribution is 2.18. The van der Waals surface area contributed by atoms with Crippen LogP contribution in [-0.2, 0) is 17.8 Å². The normalized spacial score (nSPS) is 11.9. The number of carboxylic acids is 1. The van der Waals surface area contributed by atoms with E-state index in [9.17, 15) is 4.79 Å². The summed E-state index contributed by atoms with van der Waals surface area (Å²) in [7, 11) is 0. The summed E-state index contributed by atoms with van der Waals surface area (Å²) in [6.07, 6.45) is 0.529. The quantitative estimate of drug-likeness (QED) is 0.846. The van der Waals surface area contributed by atoms with Gasteiger partial charge in [0.15, 0.2) is 0 Å². The standard InChI is InChI=1S/C17H17BrO3/c1-12(17(19)20)9-13-5-7-16(8-6-13)21-11-14-3-2-4-15(18)10-14/h2-8,10,12H,9,11H2,1H3,(H,19,20). The third kappa shape index (κ3) is 4.90. The highest BCUT2D eigenvalue weighted by Gasteiger charge is 2.11. The van der Waals surface area contributed by atoms with Crippen LogP contribution in [0.15, 0.2) is 53.0 Å². The minimum absolute atomic E-state index is 0.376. The highest BCUT2D eigenvalue weighted by atomic mass is 79.9. The van der Waals surface area contributed by atoms with Crippen LogP contribution >= 0.6 is 15.9 Å². The number of hydrogen-bond acceptors (Lipinski definition) is 2. The molecule has 0 radical (unpaired) electrons. The van der Waals surface area contributed by atoms with E-state index in [2.05, 4.69) is 15.9 Å². The van der Waals surface area contributed by atoms with Crippen molar-refractivity contribution in [1.29, 1.82) is 0 Å². The lowest BCUT2D eigenvalue weighted by Crippen LogP contribution is -2.12. The van der Waals surface area contributed by atoms with E-state index in [1.54, 1.807) is 6.92 Å². The van der Waals surface area contributed by atoms with E-state index >= 15 is 0 Å². The first-order valence-electron chi connectivity index (χ1n) is 6.73. The van der Waals surface area contributed by atoms with E-state index < -0.39 is 5.97 Å². The molecule has 0 saturated heterocycles. The van der Waals surface area contributed by atoms with Gasteiger partial charge in [-0.1, -0.05) is 47.1 Å². The van der Waals surface area contributed by atoms with Crippen LogP contribution in [0.4, 0.5) is 0 Å². The van der Waals surface area contributed by atoms with E-state index in [0.29, 0.717) is 13.0 Å². The van der Waals surface area contributed by atoms with Gasteiger partial charge in [-0.25, -0.2) is 0 Å². The minimum Gasteiger partial charge on any atom is -0.489 e. The summed E-state index contributed by atoms with van der Waals surface area (Å²) in [6.45, 7) is 2.21. The van der Waals surface area contributed by atoms with Gasteiger partial charge in [0.25, 0.3) is 0 Å². The van der Waals surface area contributed by atoms with Crippen LogP contribution in [0, 0.1) is 5.92 Å². The van der Waals surface area contributed by atoms with E-state index in [1.807, 2.05) is 48.5 Å². The summed E-state index contributed by atoms with van der Waals surface area (Å²) in [5.41, 5.74) is 2.09. The second-order valence-electron chi connectivity index (χ2n) is 5.01. The van der Waals surface area contributed by atoms with E-state index in [-0.39, 0.29) is 5.92 Å². The average Bonchev–Trinajstić information content (AvgIpc) is 2.46. The Labute approximate surface area is 132 Å². The molecule has 0 spiro atoms. The molecule has 0 amide bonds. The molecule has 2 aromatic rings. The van der Waals surface area contributed by atoms with E-state index in [4.69, 9.17) is 9.84 Å². The van der Waals surface area contributed by atoms with Crippen molar-refractivity contribution in [2.45, 2.75) is 20.0 Å². The zero-order valence-corrected chi connectivity index (χ0v) is 13.3. The number of benzene rings is 2. The van der Waals surface area contributed by atoms with Crippen LogP contribution in [0.2, 0.25) is 0 Å². The topological polar surface area (TPSA) is 46.5 Å². The number of rotatable bonds is 6. The number of carboxylic acid groups (broad SMARTS) is 1. The predicted octanol–water partition coefficient (Wildman–Crippen LogP) is 4.29. The smallest absolute Gasteiger partial charge is 0.306 e. The van der Waals surface area contributed by atoms with Gasteiger partial charge in [-0.05, 0) is 41.8 Å². The van der Waals surface area contributed by atoms with Gasteiger partial charge in [0, 0.05) is 4.47 Å². The van der Waals surface area contributed by atoms with Crippen LogP contribution in [0.5, 0.6) is 5.75 Å². The van der Waals surface area contributed by atoms with Crippen LogP contribution < -0.4 is 4.74 Å². The second kappa shape index (κ2) is 7.27. The van der Waals surface area contributed by atoms with Gasteiger partial charge in [0.2, 0.25) is 0 Å². The van der Waals surface area contributed by atoms with Crippen molar-refractivity contribution in [1.82, 2.24) is 0 Å². The molecule has 0 aliphatic heterocycles. The Bertz CT molecular complexity index is 608. The molecule has 110 valence electrons. The molecule has 2 rings (SSSR count). The Morgan fingerprint density at radius 2 is 1.90 bits per heavy atom. The molecular formula is C17H17BrO3. The van der Waals surface area contributed by atoms with Gasteiger partial charge in [-0.3, -0.25) is 4.79 Å². The predicted molar refractivity (Wildman–Crippen MR) is 85.4 cm³/mol. The molecule has 1 unspecified atom stereocenters. The van der Waals surface area contributed by atoms with E-state index in [1.165, 1.54) is 0 Å². The molecule has 2 aromatic carbocycles. The number of hydrogen-bond donors (Lipinski definition) is 1. The fourth-order valence-electron chi connectivity index (χ4n) is 1.96. The molecule has 1 N–H and O–H groups in total. The summed E-state index contributed by atoms with van der Waals surface area (Å²) < 4.78 is 6.75. The average molecular weight is 349 g/mol. The maximum Gasteiger partial charge on any atom is 0.306 e. The SMILES string of the molecule is CC(Cc1ccc(OCc2cccc(Br)c2)cc1)C(=O)O. The third-order valence-corrected chi connectivity index (χ3v) is 3.67. The number of halogens is 1. The molecule has 0 heterocycles. The van der Waals surface area contributed by atoms with Gasteiger partial charge in [-0.15, -0.1) is 0 Å². The minimum atomic E-state index is -0.773. The lowest BCUT2D eigenvalue weighted by molar-refractivity contribution is -0.141. The molecule has 0 saturated carbocycles. The number of aliphatic carboxylic acids is 1. The van der Waals surface area contributed by atoms with Gasteiger partial charge in [-0.2, -0.15) is 0 Å². The fourth-order valence-corrected chi connectivity index (χ4v) is 2.40. The summed E-state index contributed by atoms with van der Waals surface area (Å²) in [4.78, 5) is 10.8. The maximum atomic E-state index is 10.8. The Balaban J connectivity index is 1.92. The number of ether oxygens (including phenoxy) is 1. The first kappa shape index (κ1) is 15.6. The Morgan fingerprint density at radius 3 is 2.52 bits per heavy atom. The third-order valence-electron chi connectivity index (χ3n) is 3.18. The van der Waals surface area contributed by atoms with Crippen molar-refractivity contribution >= 4 is 21.9 Å². The Hall–Kier alpha value is -1.81. The monoisotopic (exact) mass is 348 g/mol. The van der Waals surface area contributed by atoms with Gasteiger partial charge in [0.1, 0.15) is 12.4 Å². The van der Waals surface area contributed by atoms with Crippen molar-refractivity contribution in [3.8, 4) is 5.75 Å². The van der Waals surface area contributed by atoms with Gasteiger partial charge < -0.3 is 9.84 Å². The second-order valence-corrected chi connectivity index (χ2v) is 5.92. The zero-order valence-electron chi connectivity index (χ0n) is 11.8. The van der Waals surface area contributed by atoms with Crippen LogP contribution in [0.25, 0.3) is 0 Å². The van der Waals surface area contributed by atoms with Crippen LogP contribution in [-0.4, -0.2) is 11.1 Å². The van der Waals surface area contributed by atoms with Crippen LogP contribution in [0.1, 0.15) is 18.1 Å². The molecule has 0 bridgehead atoms. The zero-order chi connectivity index (χ0) is 15.2. The summed E-state index contributed by atoms with van der Waals surface area (Å²) >= 11 is 3.43. The van der Waals surface area contributed by atoms with E-state index in [0.717, 1.165) is 21.3 Å². The lowest BCUT2D eigenvalue weighted by Gasteiger charge is -2.09. The molecule has 0 aliphatic carbocycles. The van der Waals surface area contributed by atoms with Crippen molar-refractivity contribution in [2.75, 3.05) is 0 Å². The van der Waals surface area contributed by atoms with Crippen molar-refractivity contribution < 1.29 is 14.6 Å². The molecule has 0 aromatic heterocycles. The van der Waals surface area contributed by atoms with Gasteiger partial charge >= 0.3 is 5.97 Å². The maximum absolute atomic E-state index is 10.8. The lowest BCUT2D eigenvalue weighted by atomic mass is 10.0. The summed E-state index contributed by atoms with van der Waals surface area (Å²) in [5, 5.41) is 8.90. The number of carbonyl (C=O) groups is 1. The first-order valence-corrected chi connectivity index (χ1v) is 7.53. The molecule has 0 aliphatic rings. The Morgan fingerprint density at radius 1 is 1.19 bits per heavy atom. The molecule has 3 nitrogen and oxygen atoms in total. The molecular weight excluding hydrogens is 332 g/mol. The van der Waals surface area contributed by atoms with Gasteiger partial charge in [0.05, 0.1) is 5.92 Å². The van der Waals surface area contributed by atoms with Crippen molar-refractivity contribution in [2.24, 2.45) is 5.92 Å². The molecule has 21 heavy (non-hydrogen) atoms. The summed E-state index contributed by atoms with van der Waals surface area (Å²) in [5.74, 6) is -0.370. The molecule has 1 atom stereocenters. The highest BCUT2D eigenvalue weighted by molar-refractivity contribution is 9.10. The Kier molecular flexibility index (Phi) is 5.39. The molecule has 0 fully saturated rings. The van der Waals surface area contributed by atoms with Crippen molar-refractivity contribution in [3.63, 3.8) is 0 Å². The summed E-state index contributed by atoms with van der Waals surface area (Å²) in [6, 6.07) is 15.5. The van der Waals surface area contributed by atoms with Crippen LogP contribution in [0.3, 0.4) is 0 Å². The largest absolute Gasteiger partial charge is 0.489 e. The van der Waals surface area contributed by atoms with Crippen molar-refractivity contribution in [3.05, 3.63) is 64.1 Å². The molecule has 4 heteroatoms. The fraction of sp³-hybridized carbons (Fsp3) is 0.235.